The number of rotatable bonds is 7. The second-order valence-corrected chi connectivity index (χ2v) is 5.20. The van der Waals surface area contributed by atoms with E-state index in [9.17, 15) is 14.9 Å². The molecule has 0 radical (unpaired) electrons. The lowest BCUT2D eigenvalue weighted by Crippen LogP contribution is -2.25. The highest BCUT2D eigenvalue weighted by Crippen LogP contribution is 2.26. The summed E-state index contributed by atoms with van der Waals surface area (Å²) in [6, 6.07) is 12.0. The Morgan fingerprint density at radius 1 is 1.32 bits per heavy atom. The summed E-state index contributed by atoms with van der Waals surface area (Å²) in [6.07, 6.45) is 1.33. The van der Waals surface area contributed by atoms with E-state index < -0.39 is 4.92 Å². The number of methoxy groups -OCH3 is 1. The highest BCUT2D eigenvalue weighted by molar-refractivity contribution is 5.85. The molecule has 0 atom stereocenters. The fourth-order valence-electron chi connectivity index (χ4n) is 2.09. The molecule has 8 heteroatoms. The Balaban J connectivity index is 1.91. The van der Waals surface area contributed by atoms with Gasteiger partial charge in [0.1, 0.15) is 0 Å². The summed E-state index contributed by atoms with van der Waals surface area (Å²) in [5, 5.41) is 17.7. The molecule has 2 N–H and O–H groups in total. The van der Waals surface area contributed by atoms with Gasteiger partial charge < -0.3 is 10.1 Å². The lowest BCUT2D eigenvalue weighted by molar-refractivity contribution is -0.385. The van der Waals surface area contributed by atoms with E-state index in [-0.39, 0.29) is 23.9 Å². The number of ether oxygens (including phenoxy) is 1. The lowest BCUT2D eigenvalue weighted by Gasteiger charge is -2.06. The van der Waals surface area contributed by atoms with Gasteiger partial charge in [-0.1, -0.05) is 12.1 Å². The highest BCUT2D eigenvalue weighted by atomic mass is 16.6. The van der Waals surface area contributed by atoms with Gasteiger partial charge in [0.25, 0.3) is 5.91 Å². The van der Waals surface area contributed by atoms with Crippen molar-refractivity contribution in [2.75, 3.05) is 19.0 Å². The van der Waals surface area contributed by atoms with Gasteiger partial charge in [0.05, 0.1) is 24.8 Å². The first kappa shape index (κ1) is 17.9. The molecule has 0 unspecified atom stereocenters. The van der Waals surface area contributed by atoms with E-state index in [0.29, 0.717) is 5.56 Å². The molecular weight excluding hydrogens is 324 g/mol. The van der Waals surface area contributed by atoms with Gasteiger partial charge in [0, 0.05) is 17.3 Å². The summed E-state index contributed by atoms with van der Waals surface area (Å²) in [5.74, 6) is -0.172. The number of anilines is 1. The van der Waals surface area contributed by atoms with Crippen LogP contribution in [0.15, 0.2) is 47.6 Å². The van der Waals surface area contributed by atoms with Crippen molar-refractivity contribution >= 4 is 23.5 Å². The van der Waals surface area contributed by atoms with Crippen LogP contribution in [0.2, 0.25) is 0 Å². The summed E-state index contributed by atoms with van der Waals surface area (Å²) >= 11 is 0. The molecule has 0 aliphatic heterocycles. The average molecular weight is 342 g/mol. The van der Waals surface area contributed by atoms with Crippen LogP contribution in [0.25, 0.3) is 0 Å². The van der Waals surface area contributed by atoms with Crippen LogP contribution in [0.4, 0.5) is 11.4 Å². The minimum atomic E-state index is -0.541. The Labute approximate surface area is 144 Å². The summed E-state index contributed by atoms with van der Waals surface area (Å²) < 4.78 is 4.92. The van der Waals surface area contributed by atoms with E-state index in [2.05, 4.69) is 15.8 Å². The number of nitrogens with zero attached hydrogens (tertiary/aromatic N) is 2. The van der Waals surface area contributed by atoms with Crippen molar-refractivity contribution in [2.45, 2.75) is 6.92 Å². The molecule has 2 aromatic rings. The van der Waals surface area contributed by atoms with Crippen LogP contribution in [0.1, 0.15) is 11.1 Å². The SMILES string of the molecule is COc1ccc(C=NNC(=O)CNc2cccc(C)c2)cc1[N+](=O)[O-]. The van der Waals surface area contributed by atoms with Gasteiger partial charge >= 0.3 is 5.69 Å². The standard InChI is InChI=1S/C17H18N4O4/c1-12-4-3-5-14(8-12)18-11-17(22)20-19-10-13-6-7-16(25-2)15(9-13)21(23)24/h3-10,18H,11H2,1-2H3,(H,20,22). The maximum atomic E-state index is 11.8. The van der Waals surface area contributed by atoms with Gasteiger partial charge in [-0.25, -0.2) is 5.43 Å². The average Bonchev–Trinajstić information content (AvgIpc) is 2.60. The molecule has 0 saturated carbocycles. The van der Waals surface area contributed by atoms with Crippen LogP contribution in [0.3, 0.4) is 0 Å². The van der Waals surface area contributed by atoms with Crippen molar-refractivity contribution < 1.29 is 14.5 Å². The van der Waals surface area contributed by atoms with Gasteiger partial charge in [0.2, 0.25) is 0 Å². The fraction of sp³-hybridized carbons (Fsp3) is 0.176. The molecule has 2 aromatic carbocycles. The van der Waals surface area contributed by atoms with E-state index in [1.165, 1.54) is 25.5 Å². The second kappa shape index (κ2) is 8.44. The summed E-state index contributed by atoms with van der Waals surface area (Å²) in [4.78, 5) is 22.2. The van der Waals surface area contributed by atoms with Gasteiger partial charge in [-0.05, 0) is 36.8 Å². The highest BCUT2D eigenvalue weighted by Gasteiger charge is 2.14. The first-order chi connectivity index (χ1) is 12.0. The van der Waals surface area contributed by atoms with Crippen LogP contribution in [0, 0.1) is 17.0 Å². The number of nitro groups is 1. The summed E-state index contributed by atoms with van der Waals surface area (Å²) in [7, 11) is 1.36. The Hall–Kier alpha value is -3.42. The second-order valence-electron chi connectivity index (χ2n) is 5.20. The monoisotopic (exact) mass is 342 g/mol. The summed E-state index contributed by atoms with van der Waals surface area (Å²) in [5.41, 5.74) is 4.59. The Kier molecular flexibility index (Phi) is 6.05. The Morgan fingerprint density at radius 2 is 2.12 bits per heavy atom. The maximum Gasteiger partial charge on any atom is 0.311 e. The molecule has 2 rings (SSSR count). The number of carbonyl (C=O) groups is 1. The Bertz CT molecular complexity index is 805. The normalized spacial score (nSPS) is 10.5. The first-order valence-corrected chi connectivity index (χ1v) is 7.44. The number of hydrazone groups is 1. The minimum Gasteiger partial charge on any atom is -0.490 e. The van der Waals surface area contributed by atoms with E-state index in [4.69, 9.17) is 4.74 Å². The molecule has 1 amide bonds. The van der Waals surface area contributed by atoms with Crippen LogP contribution in [-0.2, 0) is 4.79 Å². The van der Waals surface area contributed by atoms with Crippen molar-refractivity contribution in [2.24, 2.45) is 5.10 Å². The number of hydrogen-bond acceptors (Lipinski definition) is 6. The molecule has 0 spiro atoms. The zero-order valence-corrected chi connectivity index (χ0v) is 13.9. The van der Waals surface area contributed by atoms with Gasteiger partial charge in [-0.15, -0.1) is 0 Å². The molecule has 0 heterocycles. The third kappa shape index (κ3) is 5.31. The number of hydrogen-bond donors (Lipinski definition) is 2. The smallest absolute Gasteiger partial charge is 0.311 e. The molecule has 0 aromatic heterocycles. The Morgan fingerprint density at radius 3 is 2.80 bits per heavy atom. The predicted octanol–water partition coefficient (Wildman–Crippen LogP) is 2.47. The lowest BCUT2D eigenvalue weighted by atomic mass is 10.2. The topological polar surface area (TPSA) is 106 Å². The van der Waals surface area contributed by atoms with Gasteiger partial charge in [-0.2, -0.15) is 5.10 Å². The van der Waals surface area contributed by atoms with Crippen molar-refractivity contribution in [3.8, 4) is 5.75 Å². The molecule has 0 fully saturated rings. The predicted molar refractivity (Wildman–Crippen MR) is 95.1 cm³/mol. The summed E-state index contributed by atoms with van der Waals surface area (Å²) in [6.45, 7) is 2.02. The van der Waals surface area contributed by atoms with Crippen molar-refractivity contribution in [1.29, 1.82) is 0 Å². The minimum absolute atomic E-state index is 0.0591. The first-order valence-electron chi connectivity index (χ1n) is 7.44. The fourth-order valence-corrected chi connectivity index (χ4v) is 2.09. The van der Waals surface area contributed by atoms with Crippen LogP contribution in [-0.4, -0.2) is 30.7 Å². The van der Waals surface area contributed by atoms with Gasteiger partial charge in [-0.3, -0.25) is 14.9 Å². The molecule has 0 aliphatic rings. The van der Waals surface area contributed by atoms with Crippen LogP contribution < -0.4 is 15.5 Å². The quantitative estimate of drug-likeness (QED) is 0.457. The van der Waals surface area contributed by atoms with E-state index in [1.807, 2.05) is 31.2 Å². The molecule has 130 valence electrons. The van der Waals surface area contributed by atoms with E-state index >= 15 is 0 Å². The largest absolute Gasteiger partial charge is 0.490 e. The molecule has 25 heavy (non-hydrogen) atoms. The number of nitro benzene ring substituents is 1. The molecular formula is C17H18N4O4. The third-order valence-electron chi connectivity index (χ3n) is 3.27. The van der Waals surface area contributed by atoms with Crippen molar-refractivity contribution in [1.82, 2.24) is 5.43 Å². The molecule has 0 bridgehead atoms. The van der Waals surface area contributed by atoms with E-state index in [1.54, 1.807) is 6.07 Å². The zero-order chi connectivity index (χ0) is 18.2. The number of carbonyl (C=O) groups excluding carboxylic acids is 1. The third-order valence-corrected chi connectivity index (χ3v) is 3.27. The maximum absolute atomic E-state index is 11.8. The number of benzene rings is 2. The molecule has 0 saturated heterocycles. The zero-order valence-electron chi connectivity index (χ0n) is 13.9. The molecule has 0 aliphatic carbocycles. The number of nitrogens with one attached hydrogen (secondary N) is 2. The van der Waals surface area contributed by atoms with Crippen LogP contribution >= 0.6 is 0 Å². The van der Waals surface area contributed by atoms with Gasteiger partial charge in [0.15, 0.2) is 5.75 Å². The molecule has 8 nitrogen and oxygen atoms in total. The number of amides is 1. The van der Waals surface area contributed by atoms with Crippen LogP contribution in [0.5, 0.6) is 5.75 Å². The van der Waals surface area contributed by atoms with Crippen molar-refractivity contribution in [3.05, 3.63) is 63.7 Å². The number of aryl methyl sites for hydroxylation is 1. The van der Waals surface area contributed by atoms with E-state index in [0.717, 1.165) is 11.3 Å². The van der Waals surface area contributed by atoms with Crippen molar-refractivity contribution in [3.63, 3.8) is 0 Å².